The van der Waals surface area contributed by atoms with E-state index in [-0.39, 0.29) is 5.91 Å². The van der Waals surface area contributed by atoms with Gasteiger partial charge in [-0.25, -0.2) is 4.98 Å². The van der Waals surface area contributed by atoms with Crippen molar-refractivity contribution in [1.29, 1.82) is 0 Å². The van der Waals surface area contributed by atoms with Crippen molar-refractivity contribution >= 4 is 17.4 Å². The van der Waals surface area contributed by atoms with Gasteiger partial charge in [0.2, 0.25) is 0 Å². The Balaban J connectivity index is 1.70. The van der Waals surface area contributed by atoms with Gasteiger partial charge in [-0.2, -0.15) is 0 Å². The van der Waals surface area contributed by atoms with Gasteiger partial charge in [0.25, 0.3) is 5.91 Å². The maximum Gasteiger partial charge on any atom is 0.257 e. The van der Waals surface area contributed by atoms with Crippen LogP contribution in [0.3, 0.4) is 0 Å². The van der Waals surface area contributed by atoms with Crippen molar-refractivity contribution in [1.82, 2.24) is 4.98 Å². The summed E-state index contributed by atoms with van der Waals surface area (Å²) in [7, 11) is 1.57. The molecule has 6 heteroatoms. The lowest BCUT2D eigenvalue weighted by molar-refractivity contribution is 0.102. The van der Waals surface area contributed by atoms with E-state index >= 15 is 0 Å². The first-order chi connectivity index (χ1) is 11.3. The van der Waals surface area contributed by atoms with Crippen LogP contribution in [-0.4, -0.2) is 44.3 Å². The fraction of sp³-hybridized carbons (Fsp3) is 0.294. The van der Waals surface area contributed by atoms with Gasteiger partial charge in [-0.3, -0.25) is 4.79 Å². The minimum Gasteiger partial charge on any atom is -0.495 e. The smallest absolute Gasteiger partial charge is 0.257 e. The first kappa shape index (κ1) is 15.3. The highest BCUT2D eigenvalue weighted by Crippen LogP contribution is 2.23. The molecule has 0 aliphatic carbocycles. The van der Waals surface area contributed by atoms with E-state index in [0.29, 0.717) is 30.2 Å². The normalized spacial score (nSPS) is 14.4. The number of ether oxygens (including phenoxy) is 2. The quantitative estimate of drug-likeness (QED) is 0.937. The van der Waals surface area contributed by atoms with Gasteiger partial charge in [0.1, 0.15) is 11.6 Å². The van der Waals surface area contributed by atoms with Gasteiger partial charge in [-0.05, 0) is 24.3 Å². The molecule has 0 saturated carbocycles. The van der Waals surface area contributed by atoms with Crippen molar-refractivity contribution in [3.63, 3.8) is 0 Å². The number of nitrogens with one attached hydrogen (secondary N) is 1. The van der Waals surface area contributed by atoms with Crippen LogP contribution in [0.5, 0.6) is 5.75 Å². The minimum absolute atomic E-state index is 0.212. The number of amides is 1. The van der Waals surface area contributed by atoms with Crippen LogP contribution >= 0.6 is 0 Å². The second-order valence-electron chi connectivity index (χ2n) is 5.16. The molecule has 1 saturated heterocycles. The molecule has 0 bridgehead atoms. The van der Waals surface area contributed by atoms with E-state index in [1.807, 2.05) is 18.2 Å². The fourth-order valence-electron chi connectivity index (χ4n) is 2.44. The predicted molar refractivity (Wildman–Crippen MR) is 88.2 cm³/mol. The number of methoxy groups -OCH3 is 1. The molecule has 23 heavy (non-hydrogen) atoms. The lowest BCUT2D eigenvalue weighted by atomic mass is 10.2. The number of rotatable bonds is 4. The number of nitrogens with zero attached hydrogens (tertiary/aromatic N) is 2. The highest BCUT2D eigenvalue weighted by molar-refractivity contribution is 6.04. The van der Waals surface area contributed by atoms with Crippen LogP contribution in [-0.2, 0) is 4.74 Å². The molecule has 1 aromatic heterocycles. The molecule has 0 spiro atoms. The van der Waals surface area contributed by atoms with E-state index in [2.05, 4.69) is 15.2 Å². The van der Waals surface area contributed by atoms with Crippen molar-refractivity contribution in [3.8, 4) is 5.75 Å². The third-order valence-electron chi connectivity index (χ3n) is 3.70. The number of benzene rings is 1. The summed E-state index contributed by atoms with van der Waals surface area (Å²) in [5.41, 5.74) is 1.14. The number of pyridine rings is 1. The molecular formula is C17H19N3O3. The highest BCUT2D eigenvalue weighted by Gasteiger charge is 2.14. The number of morpholine rings is 1. The van der Waals surface area contributed by atoms with E-state index < -0.39 is 0 Å². The van der Waals surface area contributed by atoms with Crippen molar-refractivity contribution in [2.24, 2.45) is 0 Å². The van der Waals surface area contributed by atoms with E-state index in [9.17, 15) is 4.79 Å². The SMILES string of the molecule is COc1ccccc1NC(=O)c1ccc(N2CCOCC2)nc1. The Labute approximate surface area is 135 Å². The third-order valence-corrected chi connectivity index (χ3v) is 3.70. The first-order valence-corrected chi connectivity index (χ1v) is 7.51. The fourth-order valence-corrected chi connectivity index (χ4v) is 2.44. The zero-order valence-electron chi connectivity index (χ0n) is 13.0. The Morgan fingerprint density at radius 3 is 2.70 bits per heavy atom. The molecule has 1 aliphatic heterocycles. The second kappa shape index (κ2) is 7.11. The van der Waals surface area contributed by atoms with Crippen LogP contribution < -0.4 is 15.0 Å². The maximum absolute atomic E-state index is 12.3. The van der Waals surface area contributed by atoms with E-state index in [1.54, 1.807) is 31.5 Å². The number of anilines is 2. The van der Waals surface area contributed by atoms with Gasteiger partial charge in [0.05, 0.1) is 31.6 Å². The standard InChI is InChI=1S/C17H19N3O3/c1-22-15-5-3-2-4-14(15)19-17(21)13-6-7-16(18-12-13)20-8-10-23-11-9-20/h2-7,12H,8-11H2,1H3,(H,19,21). The molecule has 2 heterocycles. The van der Waals surface area contributed by atoms with Crippen molar-refractivity contribution in [2.45, 2.75) is 0 Å². The third kappa shape index (κ3) is 3.60. The number of para-hydroxylation sites is 2. The van der Waals surface area contributed by atoms with Crippen LogP contribution in [0.15, 0.2) is 42.6 Å². The van der Waals surface area contributed by atoms with Crippen LogP contribution in [0.1, 0.15) is 10.4 Å². The number of aromatic nitrogens is 1. The van der Waals surface area contributed by atoms with Gasteiger partial charge in [0.15, 0.2) is 0 Å². The lowest BCUT2D eigenvalue weighted by Crippen LogP contribution is -2.36. The van der Waals surface area contributed by atoms with E-state index in [4.69, 9.17) is 9.47 Å². The van der Waals surface area contributed by atoms with Gasteiger partial charge < -0.3 is 19.7 Å². The molecular weight excluding hydrogens is 294 g/mol. The van der Waals surface area contributed by atoms with Crippen molar-refractivity contribution in [3.05, 3.63) is 48.2 Å². The van der Waals surface area contributed by atoms with E-state index in [0.717, 1.165) is 18.9 Å². The first-order valence-electron chi connectivity index (χ1n) is 7.51. The summed E-state index contributed by atoms with van der Waals surface area (Å²) < 4.78 is 10.6. The molecule has 0 unspecified atom stereocenters. The topological polar surface area (TPSA) is 63.7 Å². The molecule has 1 aromatic carbocycles. The molecule has 2 aromatic rings. The highest BCUT2D eigenvalue weighted by atomic mass is 16.5. The molecule has 1 amide bonds. The van der Waals surface area contributed by atoms with E-state index in [1.165, 1.54) is 0 Å². The Bertz CT molecular complexity index is 667. The minimum atomic E-state index is -0.212. The summed E-state index contributed by atoms with van der Waals surface area (Å²) in [4.78, 5) is 18.9. The molecule has 120 valence electrons. The Kier molecular flexibility index (Phi) is 4.73. The molecule has 3 rings (SSSR count). The number of hydrogen-bond acceptors (Lipinski definition) is 5. The molecule has 1 fully saturated rings. The summed E-state index contributed by atoms with van der Waals surface area (Å²) in [6, 6.07) is 10.9. The van der Waals surface area contributed by atoms with Crippen molar-refractivity contribution < 1.29 is 14.3 Å². The zero-order valence-corrected chi connectivity index (χ0v) is 13.0. The summed E-state index contributed by atoms with van der Waals surface area (Å²) in [6.07, 6.45) is 1.59. The Morgan fingerprint density at radius 1 is 1.22 bits per heavy atom. The summed E-state index contributed by atoms with van der Waals surface area (Å²) in [5.74, 6) is 1.27. The molecule has 1 N–H and O–H groups in total. The van der Waals surface area contributed by atoms with Crippen LogP contribution in [0.4, 0.5) is 11.5 Å². The van der Waals surface area contributed by atoms with Gasteiger partial charge in [-0.1, -0.05) is 12.1 Å². The van der Waals surface area contributed by atoms with Gasteiger partial charge >= 0.3 is 0 Å². The average molecular weight is 313 g/mol. The molecule has 0 radical (unpaired) electrons. The zero-order chi connectivity index (χ0) is 16.1. The van der Waals surface area contributed by atoms with Crippen LogP contribution in [0.25, 0.3) is 0 Å². The van der Waals surface area contributed by atoms with Gasteiger partial charge in [-0.15, -0.1) is 0 Å². The largest absolute Gasteiger partial charge is 0.495 e. The monoisotopic (exact) mass is 313 g/mol. The molecule has 6 nitrogen and oxygen atoms in total. The van der Waals surface area contributed by atoms with Crippen LogP contribution in [0, 0.1) is 0 Å². The maximum atomic E-state index is 12.3. The lowest BCUT2D eigenvalue weighted by Gasteiger charge is -2.27. The van der Waals surface area contributed by atoms with Crippen molar-refractivity contribution in [2.75, 3.05) is 43.6 Å². The molecule has 0 atom stereocenters. The number of carbonyl (C=O) groups excluding carboxylic acids is 1. The second-order valence-corrected chi connectivity index (χ2v) is 5.16. The molecule has 1 aliphatic rings. The predicted octanol–water partition coefficient (Wildman–Crippen LogP) is 2.18. The number of hydrogen-bond donors (Lipinski definition) is 1. The summed E-state index contributed by atoms with van der Waals surface area (Å²) in [6.45, 7) is 3.05. The summed E-state index contributed by atoms with van der Waals surface area (Å²) >= 11 is 0. The summed E-state index contributed by atoms with van der Waals surface area (Å²) in [5, 5.41) is 2.84. The average Bonchev–Trinajstić information content (AvgIpc) is 2.63. The number of carbonyl (C=O) groups is 1. The Morgan fingerprint density at radius 2 is 2.00 bits per heavy atom. The van der Waals surface area contributed by atoms with Crippen LogP contribution in [0.2, 0.25) is 0 Å². The van der Waals surface area contributed by atoms with Gasteiger partial charge in [0, 0.05) is 19.3 Å². The Hall–Kier alpha value is -2.60.